The topological polar surface area (TPSA) is 76.3 Å². The Morgan fingerprint density at radius 1 is 0.373 bits per heavy atom. The number of para-hydroxylation sites is 1. The SMILES string of the molecule is N#Cc1ccc2c(c1)c1ccccc1n2-c1cccc(C#N)c1-c1ccc(-c2c3ccccc3c(-c3ccccc3)c3ccccc23)cc1C#N. The summed E-state index contributed by atoms with van der Waals surface area (Å²) in [6.07, 6.45) is 0. The smallest absolute Gasteiger partial charge is 0.0998 e. The van der Waals surface area contributed by atoms with Crippen molar-refractivity contribution < 1.29 is 0 Å². The van der Waals surface area contributed by atoms with Crippen molar-refractivity contribution in [2.45, 2.75) is 0 Å². The Labute approximate surface area is 294 Å². The molecule has 8 aromatic carbocycles. The molecule has 9 aromatic rings. The van der Waals surface area contributed by atoms with Crippen LogP contribution in [0.15, 0.2) is 158 Å². The Morgan fingerprint density at radius 2 is 0.961 bits per heavy atom. The van der Waals surface area contributed by atoms with Gasteiger partial charge in [0.25, 0.3) is 0 Å². The highest BCUT2D eigenvalue weighted by atomic mass is 15.0. The Morgan fingerprint density at radius 3 is 1.61 bits per heavy atom. The monoisotopic (exact) mass is 646 g/mol. The average Bonchev–Trinajstić information content (AvgIpc) is 3.53. The summed E-state index contributed by atoms with van der Waals surface area (Å²) in [5, 5.41) is 37.4. The lowest BCUT2D eigenvalue weighted by Crippen LogP contribution is -2.01. The van der Waals surface area contributed by atoms with Gasteiger partial charge in [0.2, 0.25) is 0 Å². The van der Waals surface area contributed by atoms with E-state index < -0.39 is 0 Å². The van der Waals surface area contributed by atoms with Gasteiger partial charge in [0.05, 0.1) is 51.6 Å². The van der Waals surface area contributed by atoms with Gasteiger partial charge in [-0.1, -0.05) is 115 Å². The first-order valence-corrected chi connectivity index (χ1v) is 16.7. The van der Waals surface area contributed by atoms with Crippen molar-refractivity contribution in [1.29, 1.82) is 15.8 Å². The molecule has 9 rings (SSSR count). The molecule has 4 nitrogen and oxygen atoms in total. The van der Waals surface area contributed by atoms with Crippen LogP contribution in [0.4, 0.5) is 0 Å². The zero-order chi connectivity index (χ0) is 34.5. The number of aromatic nitrogens is 1. The summed E-state index contributed by atoms with van der Waals surface area (Å²) in [5.41, 5.74) is 9.88. The molecule has 0 aliphatic heterocycles. The van der Waals surface area contributed by atoms with Gasteiger partial charge in [0.1, 0.15) is 0 Å². The Bertz CT molecular complexity index is 2940. The lowest BCUT2D eigenvalue weighted by Gasteiger charge is -2.19. The minimum Gasteiger partial charge on any atom is -0.309 e. The van der Waals surface area contributed by atoms with E-state index in [-0.39, 0.29) is 0 Å². The number of nitrogens with zero attached hydrogens (tertiary/aromatic N) is 4. The molecule has 0 spiro atoms. The van der Waals surface area contributed by atoms with Gasteiger partial charge < -0.3 is 4.57 Å². The van der Waals surface area contributed by atoms with Gasteiger partial charge in [-0.25, -0.2) is 0 Å². The number of fused-ring (bicyclic) bond motifs is 5. The molecule has 0 N–H and O–H groups in total. The van der Waals surface area contributed by atoms with E-state index in [4.69, 9.17) is 0 Å². The van der Waals surface area contributed by atoms with Gasteiger partial charge >= 0.3 is 0 Å². The maximum Gasteiger partial charge on any atom is 0.0998 e. The summed E-state index contributed by atoms with van der Waals surface area (Å²) in [6, 6.07) is 60.1. The quantitative estimate of drug-likeness (QED) is 0.179. The van der Waals surface area contributed by atoms with E-state index in [0.29, 0.717) is 27.8 Å². The molecule has 0 aliphatic carbocycles. The summed E-state index contributed by atoms with van der Waals surface area (Å²) in [6.45, 7) is 0. The highest BCUT2D eigenvalue weighted by Gasteiger charge is 2.22. The van der Waals surface area contributed by atoms with E-state index in [2.05, 4.69) is 108 Å². The molecule has 0 bridgehead atoms. The predicted molar refractivity (Wildman–Crippen MR) is 206 cm³/mol. The normalized spacial score (nSPS) is 11.1. The summed E-state index contributed by atoms with van der Waals surface area (Å²) in [5.74, 6) is 0. The van der Waals surface area contributed by atoms with Crippen LogP contribution in [-0.4, -0.2) is 4.57 Å². The zero-order valence-corrected chi connectivity index (χ0v) is 27.3. The van der Waals surface area contributed by atoms with Crippen LogP contribution in [0, 0.1) is 34.0 Å². The van der Waals surface area contributed by atoms with E-state index in [1.807, 2.05) is 66.7 Å². The number of nitriles is 3. The summed E-state index contributed by atoms with van der Waals surface area (Å²) >= 11 is 0. The van der Waals surface area contributed by atoms with E-state index >= 15 is 0 Å². The molecule has 0 saturated carbocycles. The first-order valence-electron chi connectivity index (χ1n) is 16.7. The second-order valence-electron chi connectivity index (χ2n) is 12.6. The van der Waals surface area contributed by atoms with Crippen molar-refractivity contribution in [1.82, 2.24) is 4.57 Å². The fourth-order valence-corrected chi connectivity index (χ4v) is 7.77. The lowest BCUT2D eigenvalue weighted by molar-refractivity contribution is 1.18. The number of benzene rings is 8. The van der Waals surface area contributed by atoms with Crippen LogP contribution in [0.2, 0.25) is 0 Å². The minimum absolute atomic E-state index is 0.472. The molecule has 234 valence electrons. The third kappa shape index (κ3) is 4.58. The minimum atomic E-state index is 0.472. The van der Waals surface area contributed by atoms with Crippen LogP contribution in [0.3, 0.4) is 0 Å². The van der Waals surface area contributed by atoms with Crippen molar-refractivity contribution >= 4 is 43.4 Å². The van der Waals surface area contributed by atoms with E-state index in [9.17, 15) is 15.8 Å². The third-order valence-corrected chi connectivity index (χ3v) is 9.90. The van der Waals surface area contributed by atoms with Crippen LogP contribution in [0.1, 0.15) is 16.7 Å². The predicted octanol–water partition coefficient (Wildman–Crippen LogP) is 11.7. The second kappa shape index (κ2) is 11.9. The van der Waals surface area contributed by atoms with Gasteiger partial charge in [-0.3, -0.25) is 0 Å². The van der Waals surface area contributed by atoms with Crippen molar-refractivity contribution in [2.75, 3.05) is 0 Å². The van der Waals surface area contributed by atoms with Gasteiger partial charge in [-0.15, -0.1) is 0 Å². The Balaban J connectivity index is 1.32. The molecule has 0 unspecified atom stereocenters. The van der Waals surface area contributed by atoms with Crippen molar-refractivity contribution in [3.8, 4) is 57.3 Å². The molecule has 0 saturated heterocycles. The molecular formula is C47H26N4. The lowest BCUT2D eigenvalue weighted by atomic mass is 9.84. The van der Waals surface area contributed by atoms with Crippen LogP contribution in [0.5, 0.6) is 0 Å². The largest absolute Gasteiger partial charge is 0.309 e. The molecule has 0 amide bonds. The van der Waals surface area contributed by atoms with Crippen molar-refractivity contribution in [2.24, 2.45) is 0 Å². The molecule has 1 aromatic heterocycles. The fourth-order valence-electron chi connectivity index (χ4n) is 7.77. The maximum absolute atomic E-state index is 10.8. The Kier molecular flexibility index (Phi) is 6.93. The summed E-state index contributed by atoms with van der Waals surface area (Å²) < 4.78 is 2.14. The average molecular weight is 647 g/mol. The molecule has 0 fully saturated rings. The molecule has 51 heavy (non-hydrogen) atoms. The fraction of sp³-hybridized carbons (Fsp3) is 0. The summed E-state index contributed by atoms with van der Waals surface area (Å²) in [4.78, 5) is 0. The highest BCUT2D eigenvalue weighted by molar-refractivity contribution is 6.21. The van der Waals surface area contributed by atoms with Crippen LogP contribution in [0.25, 0.3) is 82.4 Å². The van der Waals surface area contributed by atoms with Gasteiger partial charge in [-0.2, -0.15) is 15.8 Å². The molecule has 0 radical (unpaired) electrons. The van der Waals surface area contributed by atoms with Gasteiger partial charge in [0, 0.05) is 21.9 Å². The van der Waals surface area contributed by atoms with E-state index in [1.165, 1.54) is 5.56 Å². The molecular weight excluding hydrogens is 621 g/mol. The number of rotatable bonds is 4. The van der Waals surface area contributed by atoms with E-state index in [1.54, 1.807) is 6.07 Å². The van der Waals surface area contributed by atoms with Gasteiger partial charge in [0.15, 0.2) is 0 Å². The van der Waals surface area contributed by atoms with E-state index in [0.717, 1.165) is 65.7 Å². The molecule has 0 aliphatic rings. The number of hydrogen-bond acceptors (Lipinski definition) is 3. The van der Waals surface area contributed by atoms with Crippen LogP contribution in [-0.2, 0) is 0 Å². The molecule has 0 atom stereocenters. The Hall–Kier alpha value is -7.45. The zero-order valence-electron chi connectivity index (χ0n) is 27.3. The van der Waals surface area contributed by atoms with Crippen molar-refractivity contribution in [3.05, 3.63) is 174 Å². The standard InChI is InChI=1S/C47H26N4/c48-27-30-21-24-43-41(25-30)36-14-8-9-19-42(36)51(43)44-20-10-13-33(28-49)47(44)35-23-22-32(26-34(35)29-50)46-39-17-6-4-15-37(39)45(31-11-2-1-3-12-31)38-16-5-7-18-40(38)46/h1-26H. The van der Waals surface area contributed by atoms with Crippen LogP contribution >= 0.6 is 0 Å². The molecule has 4 heteroatoms. The van der Waals surface area contributed by atoms with Crippen molar-refractivity contribution in [3.63, 3.8) is 0 Å². The maximum atomic E-state index is 10.8. The highest BCUT2D eigenvalue weighted by Crippen LogP contribution is 2.45. The summed E-state index contributed by atoms with van der Waals surface area (Å²) in [7, 11) is 0. The first kappa shape index (κ1) is 29.7. The van der Waals surface area contributed by atoms with Crippen LogP contribution < -0.4 is 0 Å². The number of hydrogen-bond donors (Lipinski definition) is 0. The molecule has 1 heterocycles. The third-order valence-electron chi connectivity index (χ3n) is 9.90. The first-order chi connectivity index (χ1) is 25.2. The van der Waals surface area contributed by atoms with Gasteiger partial charge in [-0.05, 0) is 86.3 Å². The second-order valence-corrected chi connectivity index (χ2v) is 12.6.